The Morgan fingerprint density at radius 3 is 2.61 bits per heavy atom. The number of nitrogens with zero attached hydrogens (tertiary/aromatic N) is 4. The van der Waals surface area contributed by atoms with E-state index in [1.165, 1.54) is 12.1 Å². The monoisotopic (exact) mass is 448 g/mol. The van der Waals surface area contributed by atoms with Crippen molar-refractivity contribution in [1.82, 2.24) is 14.5 Å². The highest BCUT2D eigenvalue weighted by Gasteiger charge is 2.43. The Bertz CT molecular complexity index is 1240. The smallest absolute Gasteiger partial charge is 0.235 e. The summed E-state index contributed by atoms with van der Waals surface area (Å²) < 4.78 is 20.9. The van der Waals surface area contributed by atoms with E-state index in [9.17, 15) is 9.50 Å². The van der Waals surface area contributed by atoms with Gasteiger partial charge in [-0.1, -0.05) is 23.2 Å². The fourth-order valence-corrected chi connectivity index (χ4v) is 3.67. The molecule has 2 atom stereocenters. The molecule has 0 saturated carbocycles. The number of halogens is 1. The number of aromatic nitrogens is 2. The lowest BCUT2D eigenvalue weighted by atomic mass is 10.0. The minimum atomic E-state index is -1.02. The Labute approximate surface area is 192 Å². The lowest BCUT2D eigenvalue weighted by molar-refractivity contribution is -0.0982. The summed E-state index contributed by atoms with van der Waals surface area (Å²) in [5.41, 5.74) is 2.16. The number of oxime groups is 1. The quantitative estimate of drug-likeness (QED) is 0.604. The van der Waals surface area contributed by atoms with Crippen LogP contribution in [0.3, 0.4) is 0 Å². The minimum Gasteiger partial charge on any atom is -0.495 e. The molecule has 1 aliphatic heterocycles. The maximum atomic E-state index is 13.4. The van der Waals surface area contributed by atoms with E-state index in [0.29, 0.717) is 17.1 Å². The van der Waals surface area contributed by atoms with Crippen LogP contribution in [0.5, 0.6) is 5.75 Å². The topological polar surface area (TPSA) is 72.1 Å². The van der Waals surface area contributed by atoms with E-state index in [2.05, 4.69) is 22.0 Å². The molecule has 0 fully saturated rings. The molecule has 1 N–H and O–H groups in total. The summed E-state index contributed by atoms with van der Waals surface area (Å²) in [5.74, 6) is 6.83. The average Bonchev–Trinajstić information content (AvgIpc) is 3.36. The minimum absolute atomic E-state index is 0.240. The summed E-state index contributed by atoms with van der Waals surface area (Å²) in [6.07, 6.45) is 2.99. The standard InChI is InChI=1S/C25H25FN4O3/c1-17-14-29(16-27-17)22-11-5-19(13-23(22)32-4)6-12-24-28-33-25(3,30(24)15-18(2)31)20-7-9-21(26)10-8-20/h5,7-11,13-14,16,18,31H,15H2,1-4H3. The maximum Gasteiger partial charge on any atom is 0.235 e. The third-order valence-electron chi connectivity index (χ3n) is 5.40. The van der Waals surface area contributed by atoms with Crippen molar-refractivity contribution in [1.29, 1.82) is 0 Å². The van der Waals surface area contributed by atoms with E-state index in [0.717, 1.165) is 16.9 Å². The van der Waals surface area contributed by atoms with E-state index in [1.807, 2.05) is 42.8 Å². The van der Waals surface area contributed by atoms with Gasteiger partial charge in [0.2, 0.25) is 11.6 Å². The van der Waals surface area contributed by atoms with Gasteiger partial charge in [0.1, 0.15) is 11.6 Å². The molecule has 3 aromatic rings. The first-order valence-electron chi connectivity index (χ1n) is 10.5. The number of methoxy groups -OCH3 is 1. The van der Waals surface area contributed by atoms with Crippen LogP contribution < -0.4 is 4.74 Å². The van der Waals surface area contributed by atoms with Gasteiger partial charge < -0.3 is 24.1 Å². The van der Waals surface area contributed by atoms with Crippen molar-refractivity contribution in [2.24, 2.45) is 5.16 Å². The van der Waals surface area contributed by atoms with Crippen LogP contribution in [-0.4, -0.2) is 45.2 Å². The fraction of sp³-hybridized carbons (Fsp3) is 0.280. The van der Waals surface area contributed by atoms with Crippen LogP contribution in [0.2, 0.25) is 0 Å². The highest BCUT2D eigenvalue weighted by Crippen LogP contribution is 2.35. The zero-order valence-electron chi connectivity index (χ0n) is 18.9. The van der Waals surface area contributed by atoms with Crippen LogP contribution in [0.1, 0.15) is 30.7 Å². The molecule has 33 heavy (non-hydrogen) atoms. The summed E-state index contributed by atoms with van der Waals surface area (Å²) in [5, 5.41) is 14.2. The van der Waals surface area contributed by atoms with E-state index in [4.69, 9.17) is 9.57 Å². The number of benzene rings is 2. The molecule has 2 unspecified atom stereocenters. The second-order valence-corrected chi connectivity index (χ2v) is 8.01. The number of imidazole rings is 1. The van der Waals surface area contributed by atoms with Gasteiger partial charge in [0, 0.05) is 30.8 Å². The van der Waals surface area contributed by atoms with Gasteiger partial charge in [-0.3, -0.25) is 0 Å². The Kier molecular flexibility index (Phi) is 6.07. The summed E-state index contributed by atoms with van der Waals surface area (Å²) >= 11 is 0. The zero-order valence-corrected chi connectivity index (χ0v) is 18.9. The van der Waals surface area contributed by atoms with Crippen LogP contribution in [-0.2, 0) is 10.6 Å². The Morgan fingerprint density at radius 2 is 1.97 bits per heavy atom. The maximum absolute atomic E-state index is 13.4. The van der Waals surface area contributed by atoms with Gasteiger partial charge >= 0.3 is 0 Å². The summed E-state index contributed by atoms with van der Waals surface area (Å²) in [6, 6.07) is 11.6. The first-order valence-corrected chi connectivity index (χ1v) is 10.5. The Hall–Kier alpha value is -3.83. The van der Waals surface area contributed by atoms with Gasteiger partial charge in [-0.25, -0.2) is 9.37 Å². The highest BCUT2D eigenvalue weighted by atomic mass is 19.1. The largest absolute Gasteiger partial charge is 0.495 e. The average molecular weight is 448 g/mol. The molecule has 2 aromatic carbocycles. The van der Waals surface area contributed by atoms with E-state index in [1.54, 1.807) is 37.4 Å². The van der Waals surface area contributed by atoms with Crippen molar-refractivity contribution < 1.29 is 19.1 Å². The molecule has 8 heteroatoms. The Balaban J connectivity index is 1.63. The molecule has 7 nitrogen and oxygen atoms in total. The second kappa shape index (κ2) is 8.96. The van der Waals surface area contributed by atoms with Gasteiger partial charge in [-0.05, 0) is 50.1 Å². The molecule has 0 radical (unpaired) electrons. The van der Waals surface area contributed by atoms with Crippen molar-refractivity contribution in [3.05, 3.63) is 77.6 Å². The van der Waals surface area contributed by atoms with E-state index < -0.39 is 11.8 Å². The molecule has 1 aliphatic rings. The number of aryl methyl sites for hydroxylation is 1. The van der Waals surface area contributed by atoms with Gasteiger partial charge in [-0.2, -0.15) is 0 Å². The molecular weight excluding hydrogens is 423 g/mol. The van der Waals surface area contributed by atoms with Gasteiger partial charge in [0.25, 0.3) is 0 Å². The molecule has 2 heterocycles. The van der Waals surface area contributed by atoms with Crippen molar-refractivity contribution in [2.45, 2.75) is 32.6 Å². The van der Waals surface area contributed by atoms with Crippen molar-refractivity contribution in [2.75, 3.05) is 13.7 Å². The summed E-state index contributed by atoms with van der Waals surface area (Å²) in [6.45, 7) is 5.65. The van der Waals surface area contributed by atoms with Crippen LogP contribution >= 0.6 is 0 Å². The first kappa shape index (κ1) is 22.4. The Morgan fingerprint density at radius 1 is 1.21 bits per heavy atom. The number of aliphatic hydroxyl groups excluding tert-OH is 1. The van der Waals surface area contributed by atoms with Crippen LogP contribution in [0.4, 0.5) is 4.39 Å². The number of amidine groups is 1. The van der Waals surface area contributed by atoms with Crippen LogP contribution in [0.25, 0.3) is 5.69 Å². The van der Waals surface area contributed by atoms with E-state index in [-0.39, 0.29) is 12.4 Å². The highest BCUT2D eigenvalue weighted by molar-refractivity contribution is 6.00. The summed E-state index contributed by atoms with van der Waals surface area (Å²) in [4.78, 5) is 11.8. The molecule has 0 saturated heterocycles. The SMILES string of the molecule is COc1cc(C#CC2=NOC(C)(c3ccc(F)cc3)N2CC(C)O)ccc1-n1cnc(C)c1. The zero-order chi connectivity index (χ0) is 23.6. The second-order valence-electron chi connectivity index (χ2n) is 8.01. The number of rotatable bonds is 5. The molecular formula is C25H25FN4O3. The van der Waals surface area contributed by atoms with Gasteiger partial charge in [0.15, 0.2) is 0 Å². The third kappa shape index (κ3) is 4.54. The lowest BCUT2D eigenvalue weighted by Gasteiger charge is -2.34. The fourth-order valence-electron chi connectivity index (χ4n) is 3.67. The predicted molar refractivity (Wildman–Crippen MR) is 122 cm³/mol. The number of ether oxygens (including phenoxy) is 1. The molecule has 0 bridgehead atoms. The van der Waals surface area contributed by atoms with Crippen molar-refractivity contribution >= 4 is 5.84 Å². The van der Waals surface area contributed by atoms with E-state index >= 15 is 0 Å². The summed E-state index contributed by atoms with van der Waals surface area (Å²) in [7, 11) is 1.60. The molecule has 4 rings (SSSR count). The van der Waals surface area contributed by atoms with Crippen LogP contribution in [0.15, 0.2) is 60.1 Å². The number of β-amino-alcohol motifs (C(OH)–C–C–N with tert-alkyl or cyclic N) is 1. The normalized spacial score (nSPS) is 18.2. The number of aliphatic hydroxyl groups is 1. The van der Waals surface area contributed by atoms with Crippen molar-refractivity contribution in [3.8, 4) is 23.3 Å². The molecule has 1 aromatic heterocycles. The van der Waals surface area contributed by atoms with Gasteiger partial charge in [-0.15, -0.1) is 0 Å². The lowest BCUT2D eigenvalue weighted by Crippen LogP contribution is -2.46. The van der Waals surface area contributed by atoms with Crippen LogP contribution in [0, 0.1) is 24.6 Å². The predicted octanol–water partition coefficient (Wildman–Crippen LogP) is 3.58. The number of hydrogen-bond donors (Lipinski definition) is 1. The van der Waals surface area contributed by atoms with Gasteiger partial charge in [0.05, 0.1) is 30.9 Å². The third-order valence-corrected chi connectivity index (χ3v) is 5.40. The first-order chi connectivity index (χ1) is 15.8. The van der Waals surface area contributed by atoms with Crippen molar-refractivity contribution in [3.63, 3.8) is 0 Å². The molecule has 0 spiro atoms. The molecule has 0 amide bonds. The molecule has 0 aliphatic carbocycles. The number of hydrogen-bond acceptors (Lipinski definition) is 6. The molecule has 170 valence electrons.